The fourth-order valence-electron chi connectivity index (χ4n) is 0.892. The summed E-state index contributed by atoms with van der Waals surface area (Å²) in [5.41, 5.74) is 0. The Labute approximate surface area is 86.5 Å². The molecule has 0 rings (SSSR count). The second-order valence-corrected chi connectivity index (χ2v) is 2.95. The van der Waals surface area contributed by atoms with Crippen LogP contribution in [-0.2, 0) is 18.9 Å². The molecule has 0 fully saturated rings. The molecule has 0 spiro atoms. The van der Waals surface area contributed by atoms with E-state index in [-0.39, 0.29) is 6.10 Å². The maximum atomic E-state index is 5.43. The highest BCUT2D eigenvalue weighted by Crippen LogP contribution is 1.92. The maximum Gasteiger partial charge on any atom is 0.0781 e. The summed E-state index contributed by atoms with van der Waals surface area (Å²) in [5.74, 6) is 0. The highest BCUT2D eigenvalue weighted by atomic mass is 16.6. The largest absolute Gasteiger partial charge is 0.382 e. The molecule has 1 unspecified atom stereocenters. The highest BCUT2D eigenvalue weighted by molar-refractivity contribution is 4.46. The second kappa shape index (κ2) is 10.9. The highest BCUT2D eigenvalue weighted by Gasteiger charge is 2.01. The third kappa shape index (κ3) is 9.92. The quantitative estimate of drug-likeness (QED) is 0.501. The average Bonchev–Trinajstić information content (AvgIpc) is 2.19. The molecule has 0 bridgehead atoms. The van der Waals surface area contributed by atoms with Gasteiger partial charge in [-0.3, -0.25) is 0 Å². The van der Waals surface area contributed by atoms with Crippen molar-refractivity contribution in [2.45, 2.75) is 20.0 Å². The van der Waals surface area contributed by atoms with E-state index in [9.17, 15) is 0 Å². The van der Waals surface area contributed by atoms with Crippen molar-refractivity contribution in [1.29, 1.82) is 0 Å². The predicted octanol–water partition coefficient (Wildman–Crippen LogP) is 1.09. The molecule has 0 radical (unpaired) electrons. The zero-order valence-corrected chi connectivity index (χ0v) is 9.45. The van der Waals surface area contributed by atoms with Gasteiger partial charge in [-0.1, -0.05) is 0 Å². The Hall–Kier alpha value is -0.160. The monoisotopic (exact) mass is 206 g/mol. The lowest BCUT2D eigenvalue weighted by Crippen LogP contribution is -2.19. The molecule has 0 heterocycles. The molecule has 0 N–H and O–H groups in total. The SMILES string of the molecule is CCOCCOC(C)COCCOC. The number of hydrogen-bond acceptors (Lipinski definition) is 4. The van der Waals surface area contributed by atoms with Crippen LogP contribution in [-0.4, -0.2) is 52.9 Å². The van der Waals surface area contributed by atoms with E-state index in [4.69, 9.17) is 18.9 Å². The van der Waals surface area contributed by atoms with Crippen LogP contribution < -0.4 is 0 Å². The molecule has 0 saturated carbocycles. The Morgan fingerprint density at radius 2 is 1.71 bits per heavy atom. The van der Waals surface area contributed by atoms with Crippen LogP contribution in [0.2, 0.25) is 0 Å². The lowest BCUT2D eigenvalue weighted by Gasteiger charge is -2.13. The molecular weight excluding hydrogens is 184 g/mol. The smallest absolute Gasteiger partial charge is 0.0781 e. The van der Waals surface area contributed by atoms with Crippen molar-refractivity contribution in [2.24, 2.45) is 0 Å². The van der Waals surface area contributed by atoms with E-state index < -0.39 is 0 Å². The second-order valence-electron chi connectivity index (χ2n) is 2.95. The third-order valence-electron chi connectivity index (χ3n) is 1.62. The van der Waals surface area contributed by atoms with Crippen molar-refractivity contribution in [3.8, 4) is 0 Å². The van der Waals surface area contributed by atoms with E-state index in [2.05, 4.69) is 0 Å². The number of hydrogen-bond donors (Lipinski definition) is 0. The summed E-state index contributed by atoms with van der Waals surface area (Å²) >= 11 is 0. The van der Waals surface area contributed by atoms with Crippen LogP contribution in [0.15, 0.2) is 0 Å². The van der Waals surface area contributed by atoms with Crippen LogP contribution in [0.3, 0.4) is 0 Å². The molecule has 14 heavy (non-hydrogen) atoms. The van der Waals surface area contributed by atoms with Gasteiger partial charge >= 0.3 is 0 Å². The average molecular weight is 206 g/mol. The van der Waals surface area contributed by atoms with Crippen molar-refractivity contribution in [2.75, 3.05) is 46.8 Å². The molecule has 0 aliphatic heterocycles. The fraction of sp³-hybridized carbons (Fsp3) is 1.00. The summed E-state index contributed by atoms with van der Waals surface area (Å²) in [7, 11) is 1.66. The van der Waals surface area contributed by atoms with Crippen LogP contribution in [0.1, 0.15) is 13.8 Å². The van der Waals surface area contributed by atoms with Gasteiger partial charge in [-0.2, -0.15) is 0 Å². The van der Waals surface area contributed by atoms with Crippen LogP contribution in [0.25, 0.3) is 0 Å². The zero-order valence-electron chi connectivity index (χ0n) is 9.45. The van der Waals surface area contributed by atoms with E-state index in [1.807, 2.05) is 13.8 Å². The first-order valence-corrected chi connectivity index (χ1v) is 5.07. The molecule has 86 valence electrons. The summed E-state index contributed by atoms with van der Waals surface area (Å²) in [6.07, 6.45) is 0.118. The first kappa shape index (κ1) is 13.8. The molecule has 0 aromatic rings. The third-order valence-corrected chi connectivity index (χ3v) is 1.62. The van der Waals surface area contributed by atoms with E-state index in [0.29, 0.717) is 33.0 Å². The van der Waals surface area contributed by atoms with Gasteiger partial charge in [0.2, 0.25) is 0 Å². The van der Waals surface area contributed by atoms with Gasteiger partial charge in [-0.15, -0.1) is 0 Å². The van der Waals surface area contributed by atoms with E-state index in [0.717, 1.165) is 6.61 Å². The number of ether oxygens (including phenoxy) is 4. The Kier molecular flexibility index (Phi) is 10.8. The molecule has 0 aromatic heterocycles. The van der Waals surface area contributed by atoms with Crippen molar-refractivity contribution in [3.05, 3.63) is 0 Å². The maximum absolute atomic E-state index is 5.43. The Morgan fingerprint density at radius 1 is 1.00 bits per heavy atom. The predicted molar refractivity (Wildman–Crippen MR) is 54.6 cm³/mol. The molecule has 1 atom stereocenters. The Bertz CT molecular complexity index is 96.3. The molecule has 0 aliphatic rings. The van der Waals surface area contributed by atoms with Gasteiger partial charge in [0.25, 0.3) is 0 Å². The van der Waals surface area contributed by atoms with Crippen molar-refractivity contribution in [3.63, 3.8) is 0 Å². The van der Waals surface area contributed by atoms with Gasteiger partial charge in [0, 0.05) is 13.7 Å². The summed E-state index contributed by atoms with van der Waals surface area (Å²) < 4.78 is 20.7. The van der Waals surface area contributed by atoms with Gasteiger partial charge in [0.1, 0.15) is 0 Å². The van der Waals surface area contributed by atoms with E-state index in [1.54, 1.807) is 7.11 Å². The molecule has 4 heteroatoms. The Morgan fingerprint density at radius 3 is 2.36 bits per heavy atom. The molecular formula is C10H22O4. The van der Waals surface area contributed by atoms with E-state index >= 15 is 0 Å². The molecule has 0 aromatic carbocycles. The summed E-state index contributed by atoms with van der Waals surface area (Å²) in [6.45, 7) is 7.83. The van der Waals surface area contributed by atoms with Crippen LogP contribution >= 0.6 is 0 Å². The van der Waals surface area contributed by atoms with Crippen molar-refractivity contribution < 1.29 is 18.9 Å². The van der Waals surface area contributed by atoms with Gasteiger partial charge in [0.15, 0.2) is 0 Å². The fourth-order valence-corrected chi connectivity index (χ4v) is 0.892. The lowest BCUT2D eigenvalue weighted by atomic mass is 10.4. The minimum Gasteiger partial charge on any atom is -0.382 e. The Balaban J connectivity index is 3.07. The number of methoxy groups -OCH3 is 1. The standard InChI is InChI=1S/C10H22O4/c1-4-12-7-8-14-10(2)9-13-6-5-11-3/h10H,4-9H2,1-3H3. The molecule has 4 nitrogen and oxygen atoms in total. The minimum absolute atomic E-state index is 0.118. The zero-order chi connectivity index (χ0) is 10.6. The van der Waals surface area contributed by atoms with Gasteiger partial charge in [-0.05, 0) is 13.8 Å². The minimum atomic E-state index is 0.118. The normalized spacial score (nSPS) is 13.1. The van der Waals surface area contributed by atoms with Gasteiger partial charge in [0.05, 0.1) is 39.1 Å². The number of rotatable bonds is 10. The summed E-state index contributed by atoms with van der Waals surface area (Å²) in [4.78, 5) is 0. The first-order valence-electron chi connectivity index (χ1n) is 5.07. The van der Waals surface area contributed by atoms with E-state index in [1.165, 1.54) is 0 Å². The van der Waals surface area contributed by atoms with Crippen LogP contribution in [0, 0.1) is 0 Å². The van der Waals surface area contributed by atoms with Crippen LogP contribution in [0.5, 0.6) is 0 Å². The van der Waals surface area contributed by atoms with Crippen LogP contribution in [0.4, 0.5) is 0 Å². The first-order chi connectivity index (χ1) is 6.81. The topological polar surface area (TPSA) is 36.9 Å². The van der Waals surface area contributed by atoms with Gasteiger partial charge < -0.3 is 18.9 Å². The summed E-state index contributed by atoms with van der Waals surface area (Å²) in [6, 6.07) is 0. The molecule has 0 aliphatic carbocycles. The lowest BCUT2D eigenvalue weighted by molar-refractivity contribution is -0.0358. The van der Waals surface area contributed by atoms with Crippen molar-refractivity contribution in [1.82, 2.24) is 0 Å². The summed E-state index contributed by atoms with van der Waals surface area (Å²) in [5, 5.41) is 0. The van der Waals surface area contributed by atoms with Crippen molar-refractivity contribution >= 4 is 0 Å². The van der Waals surface area contributed by atoms with Gasteiger partial charge in [-0.25, -0.2) is 0 Å². The molecule has 0 amide bonds. The molecule has 0 saturated heterocycles.